The highest BCUT2D eigenvalue weighted by atomic mass is 35.5. The first-order chi connectivity index (χ1) is 16.6. The Labute approximate surface area is 215 Å². The minimum Gasteiger partial charge on any atom is -0.379 e. The van der Waals surface area contributed by atoms with Gasteiger partial charge in [0, 0.05) is 18.5 Å². The lowest BCUT2D eigenvalue weighted by Gasteiger charge is -2.26. The summed E-state index contributed by atoms with van der Waals surface area (Å²) in [6.45, 7) is 2.30. The maximum Gasteiger partial charge on any atom is 0.243 e. The van der Waals surface area contributed by atoms with Gasteiger partial charge in [0.1, 0.15) is 0 Å². The summed E-state index contributed by atoms with van der Waals surface area (Å²) in [7, 11) is -3.52. The molecule has 182 valence electrons. The van der Waals surface area contributed by atoms with Crippen LogP contribution in [-0.2, 0) is 21.3 Å². The topological polar surface area (TPSA) is 63.9 Å². The van der Waals surface area contributed by atoms with Crippen molar-refractivity contribution in [1.29, 1.82) is 0 Å². The van der Waals surface area contributed by atoms with Crippen LogP contribution in [0.1, 0.15) is 5.56 Å². The SMILES string of the molecule is Cl.O=S(=O)(c1ccc(-c2csc(=Nc3ccccc3)n2Cc2ccccc2)cc1)N1CCOCC1. The van der Waals surface area contributed by atoms with Crippen LogP contribution in [0.4, 0.5) is 5.69 Å². The zero-order valence-electron chi connectivity index (χ0n) is 19.0. The molecule has 9 heteroatoms. The van der Waals surface area contributed by atoms with E-state index in [9.17, 15) is 8.42 Å². The number of sulfonamides is 1. The number of benzene rings is 3. The molecule has 2 heterocycles. The van der Waals surface area contributed by atoms with Crippen molar-refractivity contribution in [1.82, 2.24) is 8.87 Å². The second-order valence-corrected chi connectivity index (χ2v) is 10.7. The van der Waals surface area contributed by atoms with Crippen molar-refractivity contribution in [2.24, 2.45) is 4.99 Å². The first-order valence-corrected chi connectivity index (χ1v) is 13.4. The molecule has 0 atom stereocenters. The van der Waals surface area contributed by atoms with Crippen molar-refractivity contribution in [3.05, 3.63) is 101 Å². The van der Waals surface area contributed by atoms with Crippen LogP contribution >= 0.6 is 23.7 Å². The van der Waals surface area contributed by atoms with Crippen LogP contribution in [0.5, 0.6) is 0 Å². The van der Waals surface area contributed by atoms with Gasteiger partial charge in [0.05, 0.1) is 36.0 Å². The Bertz CT molecular complexity index is 1410. The average Bonchev–Trinajstić information content (AvgIpc) is 3.27. The zero-order chi connectivity index (χ0) is 23.4. The van der Waals surface area contributed by atoms with E-state index in [0.717, 1.165) is 21.7 Å². The lowest BCUT2D eigenvalue weighted by atomic mass is 10.1. The third-order valence-electron chi connectivity index (χ3n) is 5.72. The highest BCUT2D eigenvalue weighted by molar-refractivity contribution is 7.89. The van der Waals surface area contributed by atoms with Gasteiger partial charge in [-0.2, -0.15) is 4.31 Å². The van der Waals surface area contributed by atoms with Crippen LogP contribution in [0.2, 0.25) is 0 Å². The molecule has 1 aromatic heterocycles. The van der Waals surface area contributed by atoms with Gasteiger partial charge < -0.3 is 9.30 Å². The Hall–Kier alpha value is -2.75. The normalized spacial score (nSPS) is 15.0. The van der Waals surface area contributed by atoms with E-state index in [2.05, 4.69) is 22.1 Å². The van der Waals surface area contributed by atoms with Crippen LogP contribution in [-0.4, -0.2) is 43.6 Å². The predicted octanol–water partition coefficient (Wildman–Crippen LogP) is 4.94. The van der Waals surface area contributed by atoms with Gasteiger partial charge in [0.2, 0.25) is 10.0 Å². The van der Waals surface area contributed by atoms with Gasteiger partial charge in [-0.3, -0.25) is 0 Å². The minimum absolute atomic E-state index is 0. The fraction of sp³-hybridized carbons (Fsp3) is 0.192. The molecule has 0 amide bonds. The number of ether oxygens (including phenoxy) is 1. The molecule has 1 fully saturated rings. The van der Waals surface area contributed by atoms with Crippen LogP contribution in [0.25, 0.3) is 11.3 Å². The van der Waals surface area contributed by atoms with Crippen molar-refractivity contribution in [2.75, 3.05) is 26.3 Å². The largest absolute Gasteiger partial charge is 0.379 e. The average molecular weight is 528 g/mol. The molecule has 1 saturated heterocycles. The van der Waals surface area contributed by atoms with E-state index in [1.54, 1.807) is 23.5 Å². The molecule has 0 spiro atoms. The second-order valence-electron chi connectivity index (χ2n) is 7.96. The van der Waals surface area contributed by atoms with Crippen molar-refractivity contribution in [3.8, 4) is 11.3 Å². The first kappa shape index (κ1) is 25.3. The number of thiazole rings is 1. The molecule has 0 bridgehead atoms. The summed E-state index contributed by atoms with van der Waals surface area (Å²) in [4.78, 5) is 6.06. The van der Waals surface area contributed by atoms with Gasteiger partial charge >= 0.3 is 0 Å². The lowest BCUT2D eigenvalue weighted by molar-refractivity contribution is 0.0730. The number of nitrogens with zero attached hydrogens (tertiary/aromatic N) is 3. The monoisotopic (exact) mass is 527 g/mol. The van der Waals surface area contributed by atoms with E-state index in [1.165, 1.54) is 9.87 Å². The smallest absolute Gasteiger partial charge is 0.243 e. The number of aromatic nitrogens is 1. The van der Waals surface area contributed by atoms with E-state index in [0.29, 0.717) is 37.7 Å². The number of halogens is 1. The molecule has 35 heavy (non-hydrogen) atoms. The summed E-state index contributed by atoms with van der Waals surface area (Å²) < 4.78 is 35.0. The van der Waals surface area contributed by atoms with Gasteiger partial charge in [-0.1, -0.05) is 60.7 Å². The third kappa shape index (κ3) is 5.74. The van der Waals surface area contributed by atoms with Crippen molar-refractivity contribution in [2.45, 2.75) is 11.4 Å². The lowest BCUT2D eigenvalue weighted by Crippen LogP contribution is -2.40. The Balaban J connectivity index is 0.00000289. The molecular formula is C26H26ClN3O3S2. The Morgan fingerprint density at radius 1 is 0.857 bits per heavy atom. The van der Waals surface area contributed by atoms with Crippen molar-refractivity contribution < 1.29 is 13.2 Å². The van der Waals surface area contributed by atoms with E-state index in [4.69, 9.17) is 9.73 Å². The Morgan fingerprint density at radius 3 is 2.14 bits per heavy atom. The van der Waals surface area contributed by atoms with Crippen LogP contribution in [0.15, 0.2) is 100 Å². The minimum atomic E-state index is -3.52. The first-order valence-electron chi connectivity index (χ1n) is 11.1. The summed E-state index contributed by atoms with van der Waals surface area (Å²) in [5.41, 5.74) is 4.01. The van der Waals surface area contributed by atoms with Gasteiger partial charge in [-0.05, 0) is 35.4 Å². The van der Waals surface area contributed by atoms with Crippen molar-refractivity contribution >= 4 is 39.5 Å². The molecule has 6 nitrogen and oxygen atoms in total. The van der Waals surface area contributed by atoms with Crippen LogP contribution in [0, 0.1) is 0 Å². The number of hydrogen-bond donors (Lipinski definition) is 0. The fourth-order valence-corrected chi connectivity index (χ4v) is 6.25. The Morgan fingerprint density at radius 2 is 1.49 bits per heavy atom. The standard InChI is InChI=1S/C26H25N3O3S2.ClH/c30-34(31,28-15-17-32-18-16-28)24-13-11-22(12-14-24)25-20-33-26(27-23-9-5-2-6-10-23)29(25)19-21-7-3-1-4-8-21;/h1-14,20H,15-19H2;1H. The summed E-state index contributed by atoms with van der Waals surface area (Å²) in [5, 5.41) is 2.08. The van der Waals surface area contributed by atoms with Gasteiger partial charge in [-0.15, -0.1) is 23.7 Å². The Kier molecular flexibility index (Phi) is 8.20. The number of rotatable bonds is 6. The van der Waals surface area contributed by atoms with Gasteiger partial charge in [0.25, 0.3) is 0 Å². The third-order valence-corrected chi connectivity index (χ3v) is 8.50. The molecule has 0 radical (unpaired) electrons. The molecule has 5 rings (SSSR count). The van der Waals surface area contributed by atoms with Gasteiger partial charge in [0.15, 0.2) is 4.80 Å². The number of para-hydroxylation sites is 1. The molecule has 4 aromatic rings. The quantitative estimate of drug-likeness (QED) is 0.357. The molecule has 1 aliphatic rings. The second kappa shape index (κ2) is 11.3. The number of morpholine rings is 1. The van der Waals surface area contributed by atoms with Crippen LogP contribution in [0.3, 0.4) is 0 Å². The molecule has 0 saturated carbocycles. The maximum absolute atomic E-state index is 13.0. The van der Waals surface area contributed by atoms with Crippen LogP contribution < -0.4 is 4.80 Å². The molecular weight excluding hydrogens is 502 g/mol. The highest BCUT2D eigenvalue weighted by Crippen LogP contribution is 2.25. The summed E-state index contributed by atoms with van der Waals surface area (Å²) in [6, 6.07) is 27.3. The van der Waals surface area contributed by atoms with E-state index in [-0.39, 0.29) is 12.4 Å². The highest BCUT2D eigenvalue weighted by Gasteiger charge is 2.26. The molecule has 1 aliphatic heterocycles. The predicted molar refractivity (Wildman–Crippen MR) is 142 cm³/mol. The molecule has 0 aliphatic carbocycles. The summed E-state index contributed by atoms with van der Waals surface area (Å²) in [5.74, 6) is 0. The van der Waals surface area contributed by atoms with Gasteiger partial charge in [-0.25, -0.2) is 13.4 Å². The van der Waals surface area contributed by atoms with E-state index < -0.39 is 10.0 Å². The summed E-state index contributed by atoms with van der Waals surface area (Å²) >= 11 is 1.57. The summed E-state index contributed by atoms with van der Waals surface area (Å²) in [6.07, 6.45) is 0. The molecule has 3 aromatic carbocycles. The molecule has 0 N–H and O–H groups in total. The number of hydrogen-bond acceptors (Lipinski definition) is 5. The van der Waals surface area contributed by atoms with E-state index >= 15 is 0 Å². The zero-order valence-corrected chi connectivity index (χ0v) is 21.4. The van der Waals surface area contributed by atoms with E-state index in [1.807, 2.05) is 60.7 Å². The molecule has 0 unspecified atom stereocenters. The fourth-order valence-electron chi connectivity index (χ4n) is 3.91. The van der Waals surface area contributed by atoms with Crippen molar-refractivity contribution in [3.63, 3.8) is 0 Å². The maximum atomic E-state index is 13.0.